The second-order valence-electron chi connectivity index (χ2n) is 3.62. The molecule has 1 aliphatic rings. The molecule has 3 heteroatoms. The number of hydrogen-bond donors (Lipinski definition) is 0. The van der Waals surface area contributed by atoms with E-state index < -0.39 is 5.67 Å². The molecule has 1 unspecified atom stereocenters. The molecule has 1 aliphatic heterocycles. The Hall–Kier alpha value is -0.150. The van der Waals surface area contributed by atoms with E-state index in [0.717, 1.165) is 0 Å². The lowest BCUT2D eigenvalue weighted by atomic mass is 9.97. The molecule has 1 rings (SSSR count). The van der Waals surface area contributed by atoms with Crippen LogP contribution >= 0.6 is 0 Å². The van der Waals surface area contributed by atoms with Crippen LogP contribution in [0.15, 0.2) is 0 Å². The average molecular weight is 161 g/mol. The van der Waals surface area contributed by atoms with Gasteiger partial charge in [-0.05, 0) is 13.8 Å². The minimum Gasteiger partial charge on any atom is -0.383 e. The van der Waals surface area contributed by atoms with Crippen LogP contribution in [0.4, 0.5) is 4.39 Å². The molecule has 1 saturated heterocycles. The van der Waals surface area contributed by atoms with Crippen molar-refractivity contribution in [2.24, 2.45) is 0 Å². The summed E-state index contributed by atoms with van der Waals surface area (Å²) < 4.78 is 17.9. The van der Waals surface area contributed by atoms with E-state index in [-0.39, 0.29) is 0 Å². The highest BCUT2D eigenvalue weighted by Crippen LogP contribution is 2.26. The monoisotopic (exact) mass is 161 g/mol. The fourth-order valence-electron chi connectivity index (χ4n) is 1.46. The van der Waals surface area contributed by atoms with Crippen molar-refractivity contribution in [3.63, 3.8) is 0 Å². The minimum absolute atomic E-state index is 0.351. The van der Waals surface area contributed by atoms with E-state index >= 15 is 0 Å². The maximum Gasteiger partial charge on any atom is 0.133 e. The summed E-state index contributed by atoms with van der Waals surface area (Å²) in [6, 6.07) is 0.351. The Labute approximate surface area is 67.3 Å². The molecule has 1 heterocycles. The Balaban J connectivity index is 2.21. The molecule has 1 atom stereocenters. The number of rotatable bonds is 3. The molecule has 2 nitrogen and oxygen atoms in total. The quantitative estimate of drug-likeness (QED) is 0.613. The molecule has 0 saturated carbocycles. The molecule has 0 amide bonds. The van der Waals surface area contributed by atoms with Gasteiger partial charge in [-0.15, -0.1) is 0 Å². The Bertz CT molecular complexity index is 130. The maximum absolute atomic E-state index is 13.0. The minimum atomic E-state index is -0.956. The summed E-state index contributed by atoms with van der Waals surface area (Å²) in [6.07, 6.45) is 0. The summed E-state index contributed by atoms with van der Waals surface area (Å²) >= 11 is 0. The third kappa shape index (κ3) is 2.14. The molecule has 0 aliphatic carbocycles. The smallest absolute Gasteiger partial charge is 0.133 e. The standard InChI is InChI=1S/C8H16FNO/c1-7(4-11-3)10-5-8(2,9)6-10/h7H,4-6H2,1-3H3. The second kappa shape index (κ2) is 3.07. The highest BCUT2D eigenvalue weighted by atomic mass is 19.1. The van der Waals surface area contributed by atoms with Gasteiger partial charge in [0, 0.05) is 26.2 Å². The van der Waals surface area contributed by atoms with Gasteiger partial charge in [-0.25, -0.2) is 4.39 Å². The predicted molar refractivity (Wildman–Crippen MR) is 42.4 cm³/mol. The van der Waals surface area contributed by atoms with Gasteiger partial charge in [0.1, 0.15) is 5.67 Å². The zero-order valence-electron chi connectivity index (χ0n) is 7.43. The molecular formula is C8H16FNO. The Morgan fingerprint density at radius 3 is 2.55 bits per heavy atom. The van der Waals surface area contributed by atoms with Crippen molar-refractivity contribution in [1.82, 2.24) is 4.90 Å². The third-order valence-electron chi connectivity index (χ3n) is 2.10. The lowest BCUT2D eigenvalue weighted by molar-refractivity contribution is -0.0557. The summed E-state index contributed by atoms with van der Waals surface area (Å²) in [5.41, 5.74) is -0.956. The number of methoxy groups -OCH3 is 1. The van der Waals surface area contributed by atoms with Crippen LogP contribution in [-0.4, -0.2) is 43.4 Å². The summed E-state index contributed by atoms with van der Waals surface area (Å²) in [6.45, 7) is 5.49. The molecular weight excluding hydrogens is 145 g/mol. The average Bonchev–Trinajstić information content (AvgIpc) is 1.83. The number of ether oxygens (including phenoxy) is 1. The Morgan fingerprint density at radius 2 is 2.18 bits per heavy atom. The van der Waals surface area contributed by atoms with Crippen molar-refractivity contribution in [2.75, 3.05) is 26.8 Å². The lowest BCUT2D eigenvalue weighted by Crippen LogP contribution is -2.60. The summed E-state index contributed by atoms with van der Waals surface area (Å²) in [5.74, 6) is 0. The van der Waals surface area contributed by atoms with Crippen LogP contribution in [0.25, 0.3) is 0 Å². The normalized spacial score (nSPS) is 26.2. The van der Waals surface area contributed by atoms with E-state index in [1.165, 1.54) is 0 Å². The topological polar surface area (TPSA) is 12.5 Å². The number of alkyl halides is 1. The molecule has 0 spiro atoms. The van der Waals surface area contributed by atoms with Gasteiger partial charge in [0.15, 0.2) is 0 Å². The van der Waals surface area contributed by atoms with Crippen LogP contribution in [0.2, 0.25) is 0 Å². The predicted octanol–water partition coefficient (Wildman–Crippen LogP) is 1.07. The van der Waals surface area contributed by atoms with Crippen molar-refractivity contribution >= 4 is 0 Å². The molecule has 0 bridgehead atoms. The van der Waals surface area contributed by atoms with Gasteiger partial charge in [-0.2, -0.15) is 0 Å². The molecule has 0 radical (unpaired) electrons. The molecule has 0 N–H and O–H groups in total. The first-order valence-corrected chi connectivity index (χ1v) is 3.97. The van der Waals surface area contributed by atoms with Crippen LogP contribution in [0.5, 0.6) is 0 Å². The van der Waals surface area contributed by atoms with E-state index in [2.05, 4.69) is 11.8 Å². The van der Waals surface area contributed by atoms with Crippen molar-refractivity contribution in [3.05, 3.63) is 0 Å². The Morgan fingerprint density at radius 1 is 1.64 bits per heavy atom. The van der Waals surface area contributed by atoms with Crippen molar-refractivity contribution in [1.29, 1.82) is 0 Å². The van der Waals surface area contributed by atoms with Gasteiger partial charge < -0.3 is 4.74 Å². The van der Waals surface area contributed by atoms with Crippen molar-refractivity contribution in [3.8, 4) is 0 Å². The largest absolute Gasteiger partial charge is 0.383 e. The number of likely N-dealkylation sites (tertiary alicyclic amines) is 1. The van der Waals surface area contributed by atoms with Gasteiger partial charge in [-0.1, -0.05) is 0 Å². The van der Waals surface area contributed by atoms with Gasteiger partial charge in [-0.3, -0.25) is 4.90 Å². The van der Waals surface area contributed by atoms with E-state index in [1.54, 1.807) is 14.0 Å². The van der Waals surface area contributed by atoms with Crippen LogP contribution in [0, 0.1) is 0 Å². The first-order valence-electron chi connectivity index (χ1n) is 3.97. The zero-order chi connectivity index (χ0) is 8.48. The molecule has 0 aromatic heterocycles. The molecule has 11 heavy (non-hydrogen) atoms. The fraction of sp³-hybridized carbons (Fsp3) is 1.00. The number of halogens is 1. The lowest BCUT2D eigenvalue weighted by Gasteiger charge is -2.45. The van der Waals surface area contributed by atoms with Crippen LogP contribution in [0.1, 0.15) is 13.8 Å². The fourth-order valence-corrected chi connectivity index (χ4v) is 1.46. The zero-order valence-corrected chi connectivity index (χ0v) is 7.43. The highest BCUT2D eigenvalue weighted by Gasteiger charge is 2.40. The highest BCUT2D eigenvalue weighted by molar-refractivity contribution is 4.94. The molecule has 1 fully saturated rings. The van der Waals surface area contributed by atoms with E-state index in [4.69, 9.17) is 4.74 Å². The molecule has 0 aromatic rings. The molecule has 0 aromatic carbocycles. The van der Waals surface area contributed by atoms with Crippen LogP contribution in [0.3, 0.4) is 0 Å². The van der Waals surface area contributed by atoms with Gasteiger partial charge in [0.2, 0.25) is 0 Å². The first kappa shape index (κ1) is 8.94. The van der Waals surface area contributed by atoms with Gasteiger partial charge >= 0.3 is 0 Å². The van der Waals surface area contributed by atoms with E-state index in [0.29, 0.717) is 25.7 Å². The molecule has 66 valence electrons. The number of hydrogen-bond acceptors (Lipinski definition) is 2. The van der Waals surface area contributed by atoms with E-state index in [9.17, 15) is 4.39 Å². The summed E-state index contributed by atoms with van der Waals surface area (Å²) in [7, 11) is 1.67. The summed E-state index contributed by atoms with van der Waals surface area (Å²) in [4.78, 5) is 2.09. The number of nitrogens with zero attached hydrogens (tertiary/aromatic N) is 1. The first-order chi connectivity index (χ1) is 5.05. The van der Waals surface area contributed by atoms with Crippen LogP contribution in [-0.2, 0) is 4.74 Å². The SMILES string of the molecule is COCC(C)N1CC(C)(F)C1. The van der Waals surface area contributed by atoms with Gasteiger partial charge in [0.05, 0.1) is 6.61 Å². The van der Waals surface area contributed by atoms with Crippen LogP contribution < -0.4 is 0 Å². The second-order valence-corrected chi connectivity index (χ2v) is 3.62. The van der Waals surface area contributed by atoms with Crippen molar-refractivity contribution in [2.45, 2.75) is 25.6 Å². The Kier molecular flexibility index (Phi) is 2.50. The third-order valence-corrected chi connectivity index (χ3v) is 2.10. The van der Waals surface area contributed by atoms with Crippen molar-refractivity contribution < 1.29 is 9.13 Å². The summed E-state index contributed by atoms with van der Waals surface area (Å²) in [5, 5.41) is 0. The van der Waals surface area contributed by atoms with Gasteiger partial charge in [0.25, 0.3) is 0 Å². The van der Waals surface area contributed by atoms with E-state index in [1.807, 2.05) is 0 Å². The maximum atomic E-state index is 13.0.